The molecule has 30 heteroatoms. The van der Waals surface area contributed by atoms with E-state index >= 15 is 0 Å². The van der Waals surface area contributed by atoms with E-state index in [0.29, 0.717) is 154 Å². The highest BCUT2D eigenvalue weighted by atomic mass is 16.5. The fourth-order valence-corrected chi connectivity index (χ4v) is 11.0. The molecule has 3 N–H and O–H groups in total. The molecule has 4 fully saturated rings. The Bertz CT molecular complexity index is 4090. The number of methoxy groups -OCH3 is 2. The predicted octanol–water partition coefficient (Wildman–Crippen LogP) is 5.19. The molecule has 4 aliphatic rings. The average Bonchev–Trinajstić information content (AvgIpc) is 1.36. The summed E-state index contributed by atoms with van der Waals surface area (Å²) in [4.78, 5) is 151. The van der Waals surface area contributed by atoms with Gasteiger partial charge < -0.3 is 28.9 Å². The monoisotopic (exact) mass is 1420 g/mol. The third-order valence-electron chi connectivity index (χ3n) is 17.4. The number of aryl methyl sites for hydroxylation is 1. The van der Waals surface area contributed by atoms with Crippen LogP contribution in [-0.4, -0.2) is 249 Å². The highest BCUT2D eigenvalue weighted by Crippen LogP contribution is 2.34. The van der Waals surface area contributed by atoms with Crippen molar-refractivity contribution in [1.29, 1.82) is 0 Å². The number of hydrogen-bond acceptors (Lipinski definition) is 21. The molecule has 6 aromatic rings. The molecular formula is C74H86N18O12. The van der Waals surface area contributed by atoms with E-state index in [0.717, 1.165) is 49.2 Å². The van der Waals surface area contributed by atoms with Gasteiger partial charge in [-0.05, 0) is 101 Å². The molecule has 1 aliphatic carbocycles. The number of anilines is 6. The quantitative estimate of drug-likeness (QED) is 0.0377. The number of terminal acetylenes is 3. The van der Waals surface area contributed by atoms with Crippen LogP contribution in [0, 0.1) is 42.9 Å². The first-order chi connectivity index (χ1) is 50.1. The van der Waals surface area contributed by atoms with E-state index in [1.165, 1.54) is 46.9 Å². The SMILES string of the molecule is C#Cc1cnc(NC(=O)N(C)c2ccc(CN3CCN(C)CC3=O)c(C=O)n2)cc1CC1CC1.C#Cc1cnc(NC(=O)N(C)c2ccc(CN3CCN(C)CC3=O)c(C=O)n2)cc1CCCOC.C#Cc1cnc(NC(=O)N(C)c2ccc(CN3CCN(C)CC3=O)c(C=O)n2)cc1OCCOC. The molecule has 10 rings (SSSR count). The number of carbonyl (C=O) groups is 9. The molecule has 6 aromatic heterocycles. The number of amides is 9. The van der Waals surface area contributed by atoms with Crippen LogP contribution in [0.2, 0.25) is 0 Å². The zero-order chi connectivity index (χ0) is 75.0. The minimum atomic E-state index is -0.528. The first-order valence-corrected chi connectivity index (χ1v) is 33.5. The second-order valence-electron chi connectivity index (χ2n) is 25.2. The van der Waals surface area contributed by atoms with Crippen molar-refractivity contribution in [3.8, 4) is 42.8 Å². The molecule has 9 heterocycles. The van der Waals surface area contributed by atoms with Gasteiger partial charge in [0.1, 0.15) is 64.3 Å². The van der Waals surface area contributed by atoms with Crippen LogP contribution in [0.3, 0.4) is 0 Å². The molecule has 0 radical (unpaired) electrons. The molecule has 3 saturated heterocycles. The van der Waals surface area contributed by atoms with Crippen molar-refractivity contribution < 1.29 is 57.4 Å². The third-order valence-corrected chi connectivity index (χ3v) is 17.4. The van der Waals surface area contributed by atoms with Crippen LogP contribution in [0.5, 0.6) is 5.75 Å². The zero-order valence-corrected chi connectivity index (χ0v) is 59.7. The van der Waals surface area contributed by atoms with Gasteiger partial charge in [0.15, 0.2) is 18.9 Å². The van der Waals surface area contributed by atoms with Crippen LogP contribution in [-0.2, 0) is 56.3 Å². The minimum Gasteiger partial charge on any atom is -0.490 e. The molecule has 0 aromatic carbocycles. The first-order valence-electron chi connectivity index (χ1n) is 33.5. The van der Waals surface area contributed by atoms with Gasteiger partial charge >= 0.3 is 18.1 Å². The molecule has 544 valence electrons. The summed E-state index contributed by atoms with van der Waals surface area (Å²) >= 11 is 0. The molecule has 104 heavy (non-hydrogen) atoms. The Hall–Kier alpha value is -11.6. The summed E-state index contributed by atoms with van der Waals surface area (Å²) in [6.45, 7) is 7.19. The number of rotatable bonds is 25. The Morgan fingerprint density at radius 2 is 0.875 bits per heavy atom. The standard InChI is InChI=1S/C25H30N6O4.C25H28N6O3.C24H28N6O5/c1-5-18-14-26-22(13-19(18)7-6-12-35-4)28-25(34)30(3)23-9-8-20(21(17-32)27-23)15-31-11-10-29(2)16-24(31)33;1-4-18-13-26-22(12-20(18)11-17-5-6-17)28-25(34)30(3)23-8-7-19(21(16-32)27-23)14-31-10-9-29(2)15-24(31)33;1-5-17-13-25-21(12-20(17)35-11-10-34-4)27-24(33)29(3)22-7-6-18(19(16-31)26-22)14-30-9-8-28(2)15-23(30)32/h1,8-9,13-14,17H,6-7,10-12,15-16H2,2-4H3,(H,26,28,34);1,7-8,12-13,16-17H,5-6,9-11,14-15H2,2-3H3,(H,26,28,34);1,6-7,12-13,16H,8-11,14-15H2,2-4H3,(H,25,27,33). The van der Waals surface area contributed by atoms with Crippen LogP contribution in [0.25, 0.3) is 0 Å². The Balaban J connectivity index is 0.000000197. The number of urea groups is 3. The van der Waals surface area contributed by atoms with Gasteiger partial charge in [-0.1, -0.05) is 36.0 Å². The second kappa shape index (κ2) is 37.9. The average molecular weight is 1420 g/mol. The maximum absolute atomic E-state index is 12.8. The van der Waals surface area contributed by atoms with Crippen LogP contribution in [0.4, 0.5) is 49.3 Å². The summed E-state index contributed by atoms with van der Waals surface area (Å²) in [6, 6.07) is 13.7. The highest BCUT2D eigenvalue weighted by molar-refractivity contribution is 6.02. The van der Waals surface area contributed by atoms with Gasteiger partial charge in [0.05, 0.1) is 31.8 Å². The smallest absolute Gasteiger partial charge is 0.328 e. The molecule has 0 spiro atoms. The van der Waals surface area contributed by atoms with E-state index in [1.807, 2.05) is 41.9 Å². The Kier molecular flexibility index (Phi) is 28.5. The molecule has 9 amide bonds. The molecule has 0 bridgehead atoms. The van der Waals surface area contributed by atoms with Crippen molar-refractivity contribution in [3.63, 3.8) is 0 Å². The fraction of sp³-hybridized carbons (Fsp3) is 0.392. The molecule has 0 unspecified atom stereocenters. The highest BCUT2D eigenvalue weighted by Gasteiger charge is 2.29. The van der Waals surface area contributed by atoms with Crippen LogP contribution >= 0.6 is 0 Å². The van der Waals surface area contributed by atoms with Gasteiger partial charge in [-0.3, -0.25) is 74.1 Å². The van der Waals surface area contributed by atoms with E-state index < -0.39 is 18.1 Å². The zero-order valence-electron chi connectivity index (χ0n) is 59.7. The number of carbonyl (C=O) groups excluding carboxylic acids is 9. The minimum absolute atomic E-state index is 0.00103. The summed E-state index contributed by atoms with van der Waals surface area (Å²) in [5.41, 5.74) is 6.17. The lowest BCUT2D eigenvalue weighted by molar-refractivity contribution is -0.136. The largest absolute Gasteiger partial charge is 0.490 e. The number of nitrogens with one attached hydrogen (secondary N) is 3. The van der Waals surface area contributed by atoms with E-state index in [-0.39, 0.29) is 59.6 Å². The van der Waals surface area contributed by atoms with Crippen LogP contribution in [0.15, 0.2) is 73.2 Å². The maximum Gasteiger partial charge on any atom is 0.328 e. The van der Waals surface area contributed by atoms with Gasteiger partial charge in [0.2, 0.25) is 17.7 Å². The van der Waals surface area contributed by atoms with Gasteiger partial charge in [-0.2, -0.15) is 0 Å². The van der Waals surface area contributed by atoms with Crippen molar-refractivity contribution in [2.24, 2.45) is 5.92 Å². The van der Waals surface area contributed by atoms with Crippen molar-refractivity contribution in [3.05, 3.63) is 135 Å². The predicted molar refractivity (Wildman–Crippen MR) is 390 cm³/mol. The molecular weight excluding hydrogens is 1330 g/mol. The van der Waals surface area contributed by atoms with Crippen LogP contribution < -0.4 is 35.4 Å². The number of aromatic nitrogens is 6. The van der Waals surface area contributed by atoms with Gasteiger partial charge in [-0.25, -0.2) is 44.3 Å². The molecule has 30 nitrogen and oxygen atoms in total. The van der Waals surface area contributed by atoms with Crippen LogP contribution in [0.1, 0.15) is 95.2 Å². The van der Waals surface area contributed by atoms with Crippen molar-refractivity contribution in [2.45, 2.75) is 51.7 Å². The summed E-state index contributed by atoms with van der Waals surface area (Å²) in [7, 11) is 13.5. The van der Waals surface area contributed by atoms with Gasteiger partial charge in [0, 0.05) is 153 Å². The number of pyridine rings is 6. The fourth-order valence-electron chi connectivity index (χ4n) is 11.0. The van der Waals surface area contributed by atoms with Crippen molar-refractivity contribution >= 4 is 89.6 Å². The second-order valence-corrected chi connectivity index (χ2v) is 25.2. The summed E-state index contributed by atoms with van der Waals surface area (Å²) < 4.78 is 15.7. The topological polar surface area (TPSA) is 324 Å². The number of likely N-dealkylation sites (N-methyl/N-ethyl adjacent to an activating group) is 3. The van der Waals surface area contributed by atoms with Crippen molar-refractivity contribution in [2.75, 3.05) is 166 Å². The van der Waals surface area contributed by atoms with E-state index in [1.54, 1.807) is 97.9 Å². The lowest BCUT2D eigenvalue weighted by Crippen LogP contribution is -2.48. The normalized spacial score (nSPS) is 14.6. The number of hydrogen-bond donors (Lipinski definition) is 3. The van der Waals surface area contributed by atoms with E-state index in [4.69, 9.17) is 33.5 Å². The van der Waals surface area contributed by atoms with E-state index in [2.05, 4.69) is 63.6 Å². The summed E-state index contributed by atoms with van der Waals surface area (Å²) in [5.74, 6) is 10.6. The number of nitrogens with zero attached hydrogens (tertiary/aromatic N) is 15. The third kappa shape index (κ3) is 21.7. The maximum atomic E-state index is 12.8. The summed E-state index contributed by atoms with van der Waals surface area (Å²) in [5, 5.41) is 8.18. The summed E-state index contributed by atoms with van der Waals surface area (Å²) in [6.07, 6.45) is 27.9. The number of aldehydes is 3. The van der Waals surface area contributed by atoms with Gasteiger partial charge in [0.25, 0.3) is 0 Å². The van der Waals surface area contributed by atoms with Gasteiger partial charge in [-0.15, -0.1) is 19.3 Å². The Morgan fingerprint density at radius 1 is 0.510 bits per heavy atom. The number of piperazine rings is 3. The lowest BCUT2D eigenvalue weighted by Gasteiger charge is -2.32. The molecule has 3 aliphatic heterocycles. The van der Waals surface area contributed by atoms with E-state index in [9.17, 15) is 43.2 Å². The first kappa shape index (κ1) is 78.1. The lowest BCUT2D eigenvalue weighted by atomic mass is 10.0. The van der Waals surface area contributed by atoms with Crippen molar-refractivity contribution in [1.82, 2.24) is 59.3 Å². The number of ether oxygens (including phenoxy) is 3. The molecule has 1 saturated carbocycles. The molecule has 0 atom stereocenters. The Morgan fingerprint density at radius 3 is 1.23 bits per heavy atom. The Labute approximate surface area is 604 Å².